The molecule has 1 unspecified atom stereocenters. The second-order valence-corrected chi connectivity index (χ2v) is 7.60. The predicted molar refractivity (Wildman–Crippen MR) is 123 cm³/mol. The first-order valence-electron chi connectivity index (χ1n) is 10.1. The Balaban J connectivity index is 1.90. The molecule has 0 N–H and O–H groups in total. The number of unbranched alkanes of at least 4 members (excludes halogenated alkanes) is 2. The van der Waals surface area contributed by atoms with Crippen molar-refractivity contribution in [3.63, 3.8) is 0 Å². The van der Waals surface area contributed by atoms with Gasteiger partial charge in [0.2, 0.25) is 0 Å². The average molecular weight is 420 g/mol. The SMILES string of the molecule is CCCCCC1(C#Cc2cc(F)c(N=C=S)cc2F)C=CC(c2ccccc2)=CC1. The van der Waals surface area contributed by atoms with Crippen molar-refractivity contribution in [3.8, 4) is 11.8 Å². The van der Waals surface area contributed by atoms with Gasteiger partial charge in [-0.1, -0.05) is 86.6 Å². The summed E-state index contributed by atoms with van der Waals surface area (Å²) in [5, 5.41) is 2.06. The minimum absolute atomic E-state index is 0.0249. The molecule has 2 aromatic carbocycles. The zero-order valence-electron chi connectivity index (χ0n) is 16.9. The summed E-state index contributed by atoms with van der Waals surface area (Å²) in [6.07, 6.45) is 11.3. The molecule has 0 amide bonds. The van der Waals surface area contributed by atoms with E-state index in [1.165, 1.54) is 0 Å². The highest BCUT2D eigenvalue weighted by Crippen LogP contribution is 2.37. The fraction of sp³-hybridized carbons (Fsp3) is 0.269. The lowest BCUT2D eigenvalue weighted by Gasteiger charge is -2.27. The Hall–Kier alpha value is -2.86. The number of hydrogen-bond donors (Lipinski definition) is 0. The van der Waals surface area contributed by atoms with E-state index < -0.39 is 11.6 Å². The molecule has 0 aliphatic heterocycles. The third kappa shape index (κ3) is 5.39. The molecule has 0 radical (unpaired) electrons. The van der Waals surface area contributed by atoms with E-state index in [4.69, 9.17) is 0 Å². The molecule has 30 heavy (non-hydrogen) atoms. The third-order valence-electron chi connectivity index (χ3n) is 5.25. The van der Waals surface area contributed by atoms with Crippen molar-refractivity contribution < 1.29 is 8.78 Å². The van der Waals surface area contributed by atoms with E-state index in [1.807, 2.05) is 18.2 Å². The van der Waals surface area contributed by atoms with Crippen molar-refractivity contribution in [2.24, 2.45) is 10.4 Å². The molecule has 0 aromatic heterocycles. The lowest BCUT2D eigenvalue weighted by Crippen LogP contribution is -2.17. The summed E-state index contributed by atoms with van der Waals surface area (Å²) in [6.45, 7) is 2.16. The van der Waals surface area contributed by atoms with Crippen LogP contribution in [0.3, 0.4) is 0 Å². The van der Waals surface area contributed by atoms with Crippen LogP contribution in [0.4, 0.5) is 14.5 Å². The van der Waals surface area contributed by atoms with Gasteiger partial charge in [-0.15, -0.1) is 0 Å². The van der Waals surface area contributed by atoms with Gasteiger partial charge in [0.15, 0.2) is 5.82 Å². The van der Waals surface area contributed by atoms with E-state index in [-0.39, 0.29) is 16.7 Å². The van der Waals surface area contributed by atoms with E-state index in [2.05, 4.69) is 71.5 Å². The maximum atomic E-state index is 14.4. The molecule has 0 fully saturated rings. The third-order valence-corrected chi connectivity index (χ3v) is 5.34. The molecule has 1 aliphatic carbocycles. The van der Waals surface area contributed by atoms with Crippen LogP contribution in [0, 0.1) is 28.9 Å². The Bertz CT molecular complexity index is 1070. The molecule has 0 saturated heterocycles. The predicted octanol–water partition coefficient (Wildman–Crippen LogP) is 7.66. The van der Waals surface area contributed by atoms with Crippen LogP contribution in [0.2, 0.25) is 0 Å². The molecule has 1 nitrogen and oxygen atoms in total. The van der Waals surface area contributed by atoms with E-state index in [9.17, 15) is 8.78 Å². The standard InChI is InChI=1S/C26H23F2NS/c1-2-3-7-13-26(14-10-21(11-15-26)20-8-5-4-6-9-20)16-12-22-17-24(28)25(29-19-30)18-23(22)27/h4-6,8-11,14,17-18H,2-3,7,13,15H2,1H3. The molecule has 3 rings (SSSR count). The number of nitrogens with zero attached hydrogens (tertiary/aromatic N) is 1. The van der Waals surface area contributed by atoms with Crippen molar-refractivity contribution in [3.05, 3.63) is 83.5 Å². The minimum Gasteiger partial charge on any atom is -0.206 e. The molecule has 0 saturated carbocycles. The largest absolute Gasteiger partial charge is 0.206 e. The summed E-state index contributed by atoms with van der Waals surface area (Å²) in [4.78, 5) is 3.54. The van der Waals surface area contributed by atoms with Crippen molar-refractivity contribution in [2.75, 3.05) is 0 Å². The summed E-state index contributed by atoms with van der Waals surface area (Å²) in [5.41, 5.74) is 1.78. The smallest absolute Gasteiger partial charge is 0.151 e. The van der Waals surface area contributed by atoms with Crippen molar-refractivity contribution in [1.82, 2.24) is 0 Å². The summed E-state index contributed by atoms with van der Waals surface area (Å²) in [5.74, 6) is 4.85. The topological polar surface area (TPSA) is 12.4 Å². The Labute approximate surface area is 182 Å². The molecule has 0 heterocycles. The molecular weight excluding hydrogens is 396 g/mol. The Morgan fingerprint density at radius 1 is 1.10 bits per heavy atom. The lowest BCUT2D eigenvalue weighted by atomic mass is 9.75. The maximum absolute atomic E-state index is 14.4. The zero-order valence-corrected chi connectivity index (χ0v) is 17.7. The first kappa shape index (κ1) is 21.8. The fourth-order valence-electron chi connectivity index (χ4n) is 3.51. The van der Waals surface area contributed by atoms with Crippen LogP contribution in [-0.4, -0.2) is 5.16 Å². The normalized spacial score (nSPS) is 17.5. The van der Waals surface area contributed by atoms with Crippen LogP contribution in [-0.2, 0) is 0 Å². The molecule has 152 valence electrons. The molecule has 2 aromatic rings. The Morgan fingerprint density at radius 2 is 1.90 bits per heavy atom. The summed E-state index contributed by atoms with van der Waals surface area (Å²) >= 11 is 4.47. The van der Waals surface area contributed by atoms with Gasteiger partial charge in [0.05, 0.1) is 16.1 Å². The van der Waals surface area contributed by atoms with Crippen LogP contribution < -0.4 is 0 Å². The van der Waals surface area contributed by atoms with Gasteiger partial charge >= 0.3 is 0 Å². The number of rotatable bonds is 6. The molecule has 0 spiro atoms. The van der Waals surface area contributed by atoms with Gasteiger partial charge in [0.1, 0.15) is 11.5 Å². The second kappa shape index (κ2) is 10.3. The summed E-state index contributed by atoms with van der Waals surface area (Å²) in [6, 6.07) is 12.3. The van der Waals surface area contributed by atoms with Gasteiger partial charge in [0.25, 0.3) is 0 Å². The number of benzene rings is 2. The van der Waals surface area contributed by atoms with Crippen molar-refractivity contribution >= 4 is 28.6 Å². The van der Waals surface area contributed by atoms with Gasteiger partial charge in [0, 0.05) is 6.07 Å². The molecule has 0 bridgehead atoms. The number of allylic oxidation sites excluding steroid dienone is 4. The highest BCUT2D eigenvalue weighted by molar-refractivity contribution is 7.78. The van der Waals surface area contributed by atoms with Gasteiger partial charge in [-0.05, 0) is 42.3 Å². The number of isothiocyanates is 1. The fourth-order valence-corrected chi connectivity index (χ4v) is 3.61. The highest BCUT2D eigenvalue weighted by atomic mass is 32.1. The first-order valence-corrected chi connectivity index (χ1v) is 10.5. The van der Waals surface area contributed by atoms with E-state index in [1.54, 1.807) is 0 Å². The highest BCUT2D eigenvalue weighted by Gasteiger charge is 2.26. The number of thiocarbonyl (C=S) groups is 1. The van der Waals surface area contributed by atoms with Crippen molar-refractivity contribution in [1.29, 1.82) is 0 Å². The number of hydrogen-bond acceptors (Lipinski definition) is 2. The molecule has 1 aliphatic rings. The zero-order chi connectivity index (χ0) is 21.4. The number of halogens is 2. The van der Waals surface area contributed by atoms with Gasteiger partial charge in [-0.25, -0.2) is 8.78 Å². The minimum atomic E-state index is -0.663. The van der Waals surface area contributed by atoms with Crippen LogP contribution in [0.1, 0.15) is 50.2 Å². The number of aliphatic imine (C=N–C) groups is 1. The van der Waals surface area contributed by atoms with Gasteiger partial charge < -0.3 is 0 Å². The van der Waals surface area contributed by atoms with E-state index in [0.29, 0.717) is 0 Å². The second-order valence-electron chi connectivity index (χ2n) is 7.41. The van der Waals surface area contributed by atoms with Crippen LogP contribution in [0.5, 0.6) is 0 Å². The van der Waals surface area contributed by atoms with E-state index >= 15 is 0 Å². The first-order chi connectivity index (χ1) is 14.6. The summed E-state index contributed by atoms with van der Waals surface area (Å²) < 4.78 is 28.5. The Morgan fingerprint density at radius 3 is 2.57 bits per heavy atom. The van der Waals surface area contributed by atoms with Crippen LogP contribution in [0.15, 0.2) is 65.7 Å². The van der Waals surface area contributed by atoms with Gasteiger partial charge in [-0.3, -0.25) is 0 Å². The quantitative estimate of drug-likeness (QED) is 0.203. The molecular formula is C26H23F2NS. The average Bonchev–Trinajstić information content (AvgIpc) is 2.77. The van der Waals surface area contributed by atoms with Crippen molar-refractivity contribution in [2.45, 2.75) is 39.0 Å². The van der Waals surface area contributed by atoms with Crippen LogP contribution in [0.25, 0.3) is 5.57 Å². The Kier molecular flexibility index (Phi) is 7.46. The molecule has 4 heteroatoms. The lowest BCUT2D eigenvalue weighted by molar-refractivity contribution is 0.444. The van der Waals surface area contributed by atoms with Gasteiger partial charge in [-0.2, -0.15) is 4.99 Å². The maximum Gasteiger partial charge on any atom is 0.151 e. The monoisotopic (exact) mass is 419 g/mol. The van der Waals surface area contributed by atoms with E-state index in [0.717, 1.165) is 55.4 Å². The molecule has 1 atom stereocenters. The summed E-state index contributed by atoms with van der Waals surface area (Å²) in [7, 11) is 0. The van der Waals surface area contributed by atoms with Crippen LogP contribution >= 0.6 is 12.2 Å².